The van der Waals surface area contributed by atoms with Crippen LogP contribution in [0.25, 0.3) is 10.6 Å². The first-order chi connectivity index (χ1) is 7.20. The topological polar surface area (TPSA) is 35.0 Å². The highest BCUT2D eigenvalue weighted by molar-refractivity contribution is 7.09. The van der Waals surface area contributed by atoms with Gasteiger partial charge < -0.3 is 4.74 Å². The van der Waals surface area contributed by atoms with Gasteiger partial charge in [-0.3, -0.25) is 0 Å². The number of nitrogens with zero attached hydrogens (tertiary/aromatic N) is 2. The van der Waals surface area contributed by atoms with Crippen molar-refractivity contribution in [2.75, 3.05) is 7.11 Å². The average molecular weight is 245 g/mol. The molecule has 1 heterocycles. The predicted octanol–water partition coefficient (Wildman–Crippen LogP) is 3.01. The van der Waals surface area contributed by atoms with Gasteiger partial charge in [-0.2, -0.15) is 4.37 Å². The van der Waals surface area contributed by atoms with Crippen LogP contribution in [0.2, 0.25) is 5.28 Å². The van der Waals surface area contributed by atoms with Gasteiger partial charge in [0.2, 0.25) is 5.28 Å². The van der Waals surface area contributed by atoms with Crippen molar-refractivity contribution in [3.05, 3.63) is 29.3 Å². The lowest BCUT2D eigenvalue weighted by Crippen LogP contribution is -1.88. The van der Waals surface area contributed by atoms with Crippen LogP contribution in [-0.4, -0.2) is 16.5 Å². The lowest BCUT2D eigenvalue weighted by Gasteiger charge is -2.02. The van der Waals surface area contributed by atoms with E-state index in [1.807, 2.05) is 0 Å². The van der Waals surface area contributed by atoms with Crippen LogP contribution in [0, 0.1) is 5.82 Å². The van der Waals surface area contributed by atoms with Crippen molar-refractivity contribution in [2.24, 2.45) is 0 Å². The van der Waals surface area contributed by atoms with Crippen molar-refractivity contribution in [2.45, 2.75) is 0 Å². The molecule has 3 nitrogen and oxygen atoms in total. The standard InChI is InChI=1S/C9H6ClFN2OS/c1-14-7-3-2-5(4-6(7)11)8-12-9(10)13-15-8/h2-4H,1H3. The van der Waals surface area contributed by atoms with E-state index >= 15 is 0 Å². The molecule has 0 fully saturated rings. The minimum Gasteiger partial charge on any atom is -0.494 e. The number of benzene rings is 1. The molecule has 0 radical (unpaired) electrons. The van der Waals surface area contributed by atoms with Gasteiger partial charge >= 0.3 is 0 Å². The van der Waals surface area contributed by atoms with Crippen molar-refractivity contribution in [3.8, 4) is 16.3 Å². The maximum atomic E-state index is 13.3. The molecule has 1 aromatic heterocycles. The van der Waals surface area contributed by atoms with E-state index in [-0.39, 0.29) is 11.0 Å². The van der Waals surface area contributed by atoms with Crippen LogP contribution in [0.1, 0.15) is 0 Å². The third-order valence-corrected chi connectivity index (χ3v) is 2.83. The summed E-state index contributed by atoms with van der Waals surface area (Å²) in [6.07, 6.45) is 0. The molecule has 2 aromatic rings. The summed E-state index contributed by atoms with van der Waals surface area (Å²) in [5, 5.41) is 0.757. The maximum Gasteiger partial charge on any atom is 0.234 e. The molecule has 0 spiro atoms. The van der Waals surface area contributed by atoms with Crippen LogP contribution >= 0.6 is 23.1 Å². The molecule has 0 amide bonds. The molecule has 0 aliphatic carbocycles. The molecular formula is C9H6ClFN2OS. The zero-order valence-electron chi connectivity index (χ0n) is 7.70. The van der Waals surface area contributed by atoms with Crippen LogP contribution in [0.4, 0.5) is 4.39 Å². The summed E-state index contributed by atoms with van der Waals surface area (Å²) in [5.41, 5.74) is 0.637. The molecule has 0 saturated carbocycles. The molecule has 15 heavy (non-hydrogen) atoms. The summed E-state index contributed by atoms with van der Waals surface area (Å²) in [4.78, 5) is 3.94. The first-order valence-corrected chi connectivity index (χ1v) is 5.19. The Morgan fingerprint density at radius 2 is 2.27 bits per heavy atom. The van der Waals surface area contributed by atoms with Gasteiger partial charge in [0.1, 0.15) is 5.01 Å². The number of ether oxygens (including phenoxy) is 1. The molecule has 0 atom stereocenters. The van der Waals surface area contributed by atoms with Gasteiger partial charge in [-0.1, -0.05) is 0 Å². The number of rotatable bonds is 2. The smallest absolute Gasteiger partial charge is 0.234 e. The summed E-state index contributed by atoms with van der Waals surface area (Å²) in [6, 6.07) is 4.59. The van der Waals surface area contributed by atoms with Crippen molar-refractivity contribution in [1.82, 2.24) is 9.36 Å². The second-order valence-electron chi connectivity index (χ2n) is 2.72. The van der Waals surface area contributed by atoms with E-state index in [1.54, 1.807) is 12.1 Å². The van der Waals surface area contributed by atoms with E-state index in [9.17, 15) is 4.39 Å². The van der Waals surface area contributed by atoms with E-state index in [0.717, 1.165) is 11.5 Å². The Kier molecular flexibility index (Phi) is 2.83. The van der Waals surface area contributed by atoms with Gasteiger partial charge in [0.15, 0.2) is 11.6 Å². The van der Waals surface area contributed by atoms with Gasteiger partial charge in [-0.15, -0.1) is 0 Å². The summed E-state index contributed by atoms with van der Waals surface area (Å²) in [5.74, 6) is -0.226. The first-order valence-electron chi connectivity index (χ1n) is 4.04. The summed E-state index contributed by atoms with van der Waals surface area (Å²) < 4.78 is 22.0. The monoisotopic (exact) mass is 244 g/mol. The molecular weight excluding hydrogens is 239 g/mol. The molecule has 0 bridgehead atoms. The molecule has 0 saturated heterocycles. The minimum absolute atomic E-state index is 0.172. The molecule has 0 unspecified atom stereocenters. The fourth-order valence-electron chi connectivity index (χ4n) is 1.12. The largest absolute Gasteiger partial charge is 0.494 e. The Bertz CT molecular complexity index is 489. The van der Waals surface area contributed by atoms with E-state index < -0.39 is 5.82 Å². The fourth-order valence-corrected chi connectivity index (χ4v) is 1.92. The minimum atomic E-state index is -0.429. The Morgan fingerprint density at radius 1 is 1.47 bits per heavy atom. The Morgan fingerprint density at radius 3 is 2.80 bits per heavy atom. The second-order valence-corrected chi connectivity index (χ2v) is 3.81. The van der Waals surface area contributed by atoms with Crippen LogP contribution in [-0.2, 0) is 0 Å². The molecule has 0 aliphatic rings. The normalized spacial score (nSPS) is 10.3. The molecule has 6 heteroatoms. The summed E-state index contributed by atoms with van der Waals surface area (Å²) in [6.45, 7) is 0. The number of halogens is 2. The van der Waals surface area contributed by atoms with Crippen LogP contribution in [0.5, 0.6) is 5.75 Å². The van der Waals surface area contributed by atoms with Crippen LogP contribution in [0.3, 0.4) is 0 Å². The van der Waals surface area contributed by atoms with Gasteiger partial charge in [0, 0.05) is 5.56 Å². The van der Waals surface area contributed by atoms with Crippen molar-refractivity contribution >= 4 is 23.1 Å². The van der Waals surface area contributed by atoms with E-state index in [0.29, 0.717) is 10.6 Å². The van der Waals surface area contributed by atoms with Crippen molar-refractivity contribution in [3.63, 3.8) is 0 Å². The average Bonchev–Trinajstić information content (AvgIpc) is 2.65. The van der Waals surface area contributed by atoms with Crippen molar-refractivity contribution < 1.29 is 9.13 Å². The van der Waals surface area contributed by atoms with Gasteiger partial charge in [-0.25, -0.2) is 9.37 Å². The first kappa shape index (κ1) is 10.3. The number of hydrogen-bond donors (Lipinski definition) is 0. The SMILES string of the molecule is COc1ccc(-c2nc(Cl)ns2)cc1F. The Hall–Kier alpha value is -1.20. The van der Waals surface area contributed by atoms with Gasteiger partial charge in [-0.05, 0) is 41.3 Å². The zero-order chi connectivity index (χ0) is 10.8. The highest BCUT2D eigenvalue weighted by Gasteiger charge is 2.08. The number of hydrogen-bond acceptors (Lipinski definition) is 4. The highest BCUT2D eigenvalue weighted by atomic mass is 35.5. The summed E-state index contributed by atoms with van der Waals surface area (Å²) in [7, 11) is 1.42. The highest BCUT2D eigenvalue weighted by Crippen LogP contribution is 2.27. The van der Waals surface area contributed by atoms with E-state index in [2.05, 4.69) is 9.36 Å². The van der Waals surface area contributed by atoms with Crippen LogP contribution in [0.15, 0.2) is 18.2 Å². The number of aromatic nitrogens is 2. The quantitative estimate of drug-likeness (QED) is 0.815. The Balaban J connectivity index is 2.42. The second kappa shape index (κ2) is 4.12. The van der Waals surface area contributed by atoms with E-state index in [1.165, 1.54) is 13.2 Å². The molecule has 0 N–H and O–H groups in total. The van der Waals surface area contributed by atoms with E-state index in [4.69, 9.17) is 16.3 Å². The zero-order valence-corrected chi connectivity index (χ0v) is 9.27. The lowest BCUT2D eigenvalue weighted by molar-refractivity contribution is 0.386. The van der Waals surface area contributed by atoms with Gasteiger partial charge in [0.25, 0.3) is 0 Å². The third-order valence-electron chi connectivity index (χ3n) is 1.80. The van der Waals surface area contributed by atoms with Gasteiger partial charge in [0.05, 0.1) is 7.11 Å². The van der Waals surface area contributed by atoms with Crippen LogP contribution < -0.4 is 4.74 Å². The third kappa shape index (κ3) is 2.08. The molecule has 78 valence electrons. The Labute approximate surface area is 94.7 Å². The predicted molar refractivity (Wildman–Crippen MR) is 56.9 cm³/mol. The molecule has 0 aliphatic heterocycles. The lowest BCUT2D eigenvalue weighted by atomic mass is 10.2. The molecule has 2 rings (SSSR count). The summed E-state index contributed by atoms with van der Waals surface area (Å²) >= 11 is 6.70. The fraction of sp³-hybridized carbons (Fsp3) is 0.111. The number of methoxy groups -OCH3 is 1. The maximum absolute atomic E-state index is 13.3. The molecule has 1 aromatic carbocycles. The van der Waals surface area contributed by atoms with Crippen molar-refractivity contribution in [1.29, 1.82) is 0 Å².